The smallest absolute Gasteiger partial charge is 0.0507 e. The number of rotatable bonds is 6. The predicted octanol–water partition coefficient (Wildman–Crippen LogP) is 3.80. The Morgan fingerprint density at radius 2 is 2.05 bits per heavy atom. The van der Waals surface area contributed by atoms with Crippen LogP contribution < -0.4 is 5.32 Å². The van der Waals surface area contributed by atoms with Crippen molar-refractivity contribution in [1.82, 2.24) is 5.32 Å². The molecule has 1 saturated carbocycles. The molecule has 0 spiro atoms. The van der Waals surface area contributed by atoms with E-state index in [0.29, 0.717) is 17.0 Å². The number of benzene rings is 1. The molecular formula is C18H29NOS. The fourth-order valence-electron chi connectivity index (χ4n) is 3.54. The van der Waals surface area contributed by atoms with Crippen LogP contribution in [0.5, 0.6) is 0 Å². The van der Waals surface area contributed by atoms with Crippen LogP contribution in [0.4, 0.5) is 0 Å². The molecule has 4 atom stereocenters. The van der Waals surface area contributed by atoms with Gasteiger partial charge >= 0.3 is 0 Å². The highest BCUT2D eigenvalue weighted by Crippen LogP contribution is 2.32. The minimum absolute atomic E-state index is 0.305. The monoisotopic (exact) mass is 307 g/mol. The molecule has 21 heavy (non-hydrogen) atoms. The Hall–Kier alpha value is -0.670. The van der Waals surface area contributed by atoms with Gasteiger partial charge in [0.15, 0.2) is 0 Å². The van der Waals surface area contributed by atoms with E-state index in [1.807, 2.05) is 7.05 Å². The van der Waals surface area contributed by atoms with Crippen LogP contribution in [0.2, 0.25) is 0 Å². The summed E-state index contributed by atoms with van der Waals surface area (Å²) in [5.41, 5.74) is 2.50. The third kappa shape index (κ3) is 4.40. The summed E-state index contributed by atoms with van der Waals surface area (Å²) < 4.78 is 12.9. The second-order valence-corrected chi connectivity index (χ2v) is 8.01. The first kappa shape index (κ1) is 16.7. The van der Waals surface area contributed by atoms with Gasteiger partial charge in [-0.15, -0.1) is 0 Å². The van der Waals surface area contributed by atoms with Crippen molar-refractivity contribution < 1.29 is 4.21 Å². The van der Waals surface area contributed by atoms with Crippen molar-refractivity contribution in [3.63, 3.8) is 0 Å². The number of aryl methyl sites for hydroxylation is 1. The van der Waals surface area contributed by atoms with Crippen molar-refractivity contribution in [2.24, 2.45) is 5.92 Å². The van der Waals surface area contributed by atoms with Gasteiger partial charge in [0.2, 0.25) is 0 Å². The van der Waals surface area contributed by atoms with E-state index in [4.69, 9.17) is 0 Å². The number of hydrogen-bond acceptors (Lipinski definition) is 2. The summed E-state index contributed by atoms with van der Waals surface area (Å²) in [6.07, 6.45) is 6.11. The van der Waals surface area contributed by atoms with Crippen molar-refractivity contribution in [2.45, 2.75) is 63.0 Å². The van der Waals surface area contributed by atoms with E-state index in [2.05, 4.69) is 43.4 Å². The first-order chi connectivity index (χ1) is 10.2. The van der Waals surface area contributed by atoms with Crippen LogP contribution in [-0.4, -0.2) is 22.5 Å². The average Bonchev–Trinajstić information content (AvgIpc) is 2.50. The molecule has 0 amide bonds. The lowest BCUT2D eigenvalue weighted by Crippen LogP contribution is -2.45. The van der Waals surface area contributed by atoms with Crippen LogP contribution in [0.3, 0.4) is 0 Å². The van der Waals surface area contributed by atoms with Gasteiger partial charge in [0.25, 0.3) is 0 Å². The fourth-order valence-corrected chi connectivity index (χ4v) is 5.51. The van der Waals surface area contributed by atoms with Gasteiger partial charge in [-0.05, 0) is 50.3 Å². The largest absolute Gasteiger partial charge is 0.316 e. The molecule has 118 valence electrons. The van der Waals surface area contributed by atoms with Gasteiger partial charge in [-0.1, -0.05) is 44.0 Å². The standard InChI is InChI=1S/C18H29NOS/c1-4-7-15-10-11-17(19-3)18(12-15)21(20)13-16-9-6-5-8-14(16)2/h5-6,8-9,15,17-19H,4,7,10-13H2,1-3H3. The van der Waals surface area contributed by atoms with E-state index < -0.39 is 10.8 Å². The van der Waals surface area contributed by atoms with Gasteiger partial charge in [-0.25, -0.2) is 0 Å². The van der Waals surface area contributed by atoms with Gasteiger partial charge < -0.3 is 5.32 Å². The van der Waals surface area contributed by atoms with Gasteiger partial charge in [-0.3, -0.25) is 4.21 Å². The van der Waals surface area contributed by atoms with Crippen LogP contribution >= 0.6 is 0 Å². The molecule has 0 saturated heterocycles. The summed E-state index contributed by atoms with van der Waals surface area (Å²) in [6, 6.07) is 8.76. The molecule has 2 nitrogen and oxygen atoms in total. The highest BCUT2D eigenvalue weighted by molar-refractivity contribution is 7.84. The number of hydrogen-bond donors (Lipinski definition) is 1. The van der Waals surface area contributed by atoms with E-state index in [9.17, 15) is 4.21 Å². The summed E-state index contributed by atoms with van der Waals surface area (Å²) in [5, 5.41) is 3.71. The van der Waals surface area contributed by atoms with E-state index in [0.717, 1.165) is 12.3 Å². The highest BCUT2D eigenvalue weighted by atomic mass is 32.2. The maximum Gasteiger partial charge on any atom is 0.0507 e. The molecule has 0 aromatic heterocycles. The molecule has 3 heteroatoms. The highest BCUT2D eigenvalue weighted by Gasteiger charge is 2.33. The maximum atomic E-state index is 12.9. The minimum Gasteiger partial charge on any atom is -0.316 e. The lowest BCUT2D eigenvalue weighted by Gasteiger charge is -2.35. The van der Waals surface area contributed by atoms with Crippen LogP contribution in [0.15, 0.2) is 24.3 Å². The van der Waals surface area contributed by atoms with Crippen molar-refractivity contribution in [1.29, 1.82) is 0 Å². The molecule has 1 fully saturated rings. The van der Waals surface area contributed by atoms with Crippen LogP contribution in [0.25, 0.3) is 0 Å². The summed E-state index contributed by atoms with van der Waals surface area (Å²) in [7, 11) is 1.23. The Kier molecular flexibility index (Phi) is 6.43. The van der Waals surface area contributed by atoms with E-state index in [1.165, 1.54) is 36.8 Å². The third-order valence-electron chi connectivity index (χ3n) is 4.86. The molecule has 4 unspecified atom stereocenters. The lowest BCUT2D eigenvalue weighted by atomic mass is 9.83. The Bertz CT molecular complexity index is 474. The van der Waals surface area contributed by atoms with Crippen molar-refractivity contribution in [3.8, 4) is 0 Å². The van der Waals surface area contributed by atoms with E-state index >= 15 is 0 Å². The zero-order valence-electron chi connectivity index (χ0n) is 13.6. The average molecular weight is 308 g/mol. The lowest BCUT2D eigenvalue weighted by molar-refractivity contribution is 0.292. The van der Waals surface area contributed by atoms with Gasteiger partial charge in [0.05, 0.1) is 5.25 Å². The molecule has 1 N–H and O–H groups in total. The van der Waals surface area contributed by atoms with Crippen molar-refractivity contribution >= 4 is 10.8 Å². The van der Waals surface area contributed by atoms with Gasteiger partial charge in [-0.2, -0.15) is 0 Å². The molecule has 1 aliphatic carbocycles. The second kappa shape index (κ2) is 8.09. The Morgan fingerprint density at radius 1 is 1.29 bits per heavy atom. The molecule has 0 heterocycles. The quantitative estimate of drug-likeness (QED) is 0.866. The fraction of sp³-hybridized carbons (Fsp3) is 0.667. The third-order valence-corrected chi connectivity index (χ3v) is 6.66. The number of nitrogens with one attached hydrogen (secondary N) is 1. The Morgan fingerprint density at radius 3 is 2.71 bits per heavy atom. The first-order valence-electron chi connectivity index (χ1n) is 8.24. The molecule has 2 rings (SSSR count). The van der Waals surface area contributed by atoms with Crippen molar-refractivity contribution in [3.05, 3.63) is 35.4 Å². The van der Waals surface area contributed by atoms with E-state index in [1.54, 1.807) is 0 Å². The SMILES string of the molecule is CCCC1CCC(NC)C(S(=O)Cc2ccccc2C)C1. The second-order valence-electron chi connectivity index (χ2n) is 6.35. The molecule has 1 aromatic carbocycles. The normalized spacial score (nSPS) is 27.5. The van der Waals surface area contributed by atoms with Crippen LogP contribution in [-0.2, 0) is 16.6 Å². The minimum atomic E-state index is -0.784. The van der Waals surface area contributed by atoms with Crippen LogP contribution in [0, 0.1) is 12.8 Å². The molecule has 0 bridgehead atoms. The van der Waals surface area contributed by atoms with Crippen LogP contribution in [0.1, 0.15) is 50.2 Å². The van der Waals surface area contributed by atoms with E-state index in [-0.39, 0.29) is 0 Å². The maximum absolute atomic E-state index is 12.9. The summed E-state index contributed by atoms with van der Waals surface area (Å²) in [6.45, 7) is 4.37. The predicted molar refractivity (Wildman–Crippen MR) is 91.9 cm³/mol. The molecule has 1 aromatic rings. The summed E-state index contributed by atoms with van der Waals surface area (Å²) in [5.74, 6) is 1.47. The zero-order valence-corrected chi connectivity index (χ0v) is 14.4. The van der Waals surface area contributed by atoms with Gasteiger partial charge in [0.1, 0.15) is 0 Å². The summed E-state index contributed by atoms with van der Waals surface area (Å²) >= 11 is 0. The summed E-state index contributed by atoms with van der Waals surface area (Å²) in [4.78, 5) is 0. The molecular weight excluding hydrogens is 278 g/mol. The Balaban J connectivity index is 2.05. The topological polar surface area (TPSA) is 29.1 Å². The first-order valence-corrected chi connectivity index (χ1v) is 9.62. The van der Waals surface area contributed by atoms with Crippen molar-refractivity contribution in [2.75, 3.05) is 7.05 Å². The Labute approximate surface area is 132 Å². The molecule has 0 radical (unpaired) electrons. The van der Waals surface area contributed by atoms with Gasteiger partial charge in [0, 0.05) is 22.6 Å². The molecule has 0 aliphatic heterocycles. The molecule has 1 aliphatic rings. The zero-order chi connectivity index (χ0) is 15.2.